The van der Waals surface area contributed by atoms with E-state index in [1.54, 1.807) is 48.5 Å². The SMILES string of the molecule is O[Si@]1(c2ccccc2)O[Si@@](O)(c2ccccc2)O[Si@@]2(c3ccccc3)O[Si](c3ccccc3)(c3ccccc3)O[Si@@](c3ccccc3)(O1)O2. The highest BCUT2D eigenvalue weighted by Gasteiger charge is 2.76. The van der Waals surface area contributed by atoms with Crippen LogP contribution in [0.5, 0.6) is 0 Å². The third-order valence-electron chi connectivity index (χ3n) is 8.49. The Hall–Kier alpha value is -3.92. The third-order valence-corrected chi connectivity index (χ3v) is 28.1. The highest BCUT2D eigenvalue weighted by molar-refractivity contribution is 7.11. The molecule has 13 heteroatoms. The molecule has 2 aliphatic rings. The molecule has 4 atom stereocenters. The minimum Gasteiger partial charge on any atom is -0.387 e. The Bertz CT molecular complexity index is 1870. The first-order valence-corrected chi connectivity index (χ1v) is 24.7. The van der Waals surface area contributed by atoms with Crippen LogP contribution in [0.25, 0.3) is 0 Å². The van der Waals surface area contributed by atoms with E-state index in [1.165, 1.54) is 0 Å². The number of rotatable bonds is 6. The summed E-state index contributed by atoms with van der Waals surface area (Å²) in [5.41, 5.74) is 0. The fourth-order valence-electron chi connectivity index (χ4n) is 6.18. The molecule has 2 saturated heterocycles. The molecule has 0 unspecified atom stereocenters. The quantitative estimate of drug-likeness (QED) is 0.251. The zero-order valence-electron chi connectivity index (χ0n) is 26.2. The van der Waals surface area contributed by atoms with Gasteiger partial charge >= 0.3 is 43.8 Å². The van der Waals surface area contributed by atoms with Crippen molar-refractivity contribution in [1.29, 1.82) is 0 Å². The third kappa shape index (κ3) is 5.79. The minimum absolute atomic E-state index is 0.363. The van der Waals surface area contributed by atoms with E-state index in [-0.39, 0.29) is 0 Å². The summed E-state index contributed by atoms with van der Waals surface area (Å²) in [6.07, 6.45) is 0. The van der Waals surface area contributed by atoms with Gasteiger partial charge in [0.25, 0.3) is 0 Å². The topological polar surface area (TPSA) is 95.8 Å². The largest absolute Gasteiger partial charge is 0.520 e. The number of benzene rings is 6. The Morgan fingerprint density at radius 1 is 0.265 bits per heavy atom. The van der Waals surface area contributed by atoms with Gasteiger partial charge in [-0.1, -0.05) is 182 Å². The Morgan fingerprint density at radius 3 is 0.837 bits per heavy atom. The lowest BCUT2D eigenvalue weighted by Crippen LogP contribution is -2.89. The fraction of sp³-hybridized carbons (Fsp3) is 0. The van der Waals surface area contributed by atoms with Gasteiger partial charge in [-0.25, -0.2) is 0 Å². The van der Waals surface area contributed by atoms with Gasteiger partial charge in [0.2, 0.25) is 0 Å². The van der Waals surface area contributed by atoms with Crippen LogP contribution < -0.4 is 31.1 Å². The molecule has 2 N–H and O–H groups in total. The van der Waals surface area contributed by atoms with Crippen LogP contribution in [0.1, 0.15) is 0 Å². The molecule has 0 amide bonds. The fourth-order valence-corrected chi connectivity index (χ4v) is 30.5. The maximum Gasteiger partial charge on any atom is 0.520 e. The smallest absolute Gasteiger partial charge is 0.387 e. The molecule has 49 heavy (non-hydrogen) atoms. The van der Waals surface area contributed by atoms with Crippen molar-refractivity contribution >= 4 is 74.9 Å². The lowest BCUT2D eigenvalue weighted by atomic mass is 10.4. The molecule has 244 valence electrons. The molecular weight excluding hydrogens is 701 g/mol. The van der Waals surface area contributed by atoms with Crippen LogP contribution in [0.15, 0.2) is 182 Å². The van der Waals surface area contributed by atoms with Crippen LogP contribution in [-0.2, 0) is 24.7 Å². The second-order valence-electron chi connectivity index (χ2n) is 11.7. The van der Waals surface area contributed by atoms with E-state index in [0.29, 0.717) is 20.7 Å². The molecule has 0 spiro atoms. The van der Waals surface area contributed by atoms with Crippen molar-refractivity contribution in [2.75, 3.05) is 0 Å². The molecule has 6 aromatic carbocycles. The van der Waals surface area contributed by atoms with E-state index in [4.69, 9.17) is 24.7 Å². The monoisotopic (exact) mass is 732 g/mol. The number of hydrogen-bond donors (Lipinski definition) is 2. The summed E-state index contributed by atoms with van der Waals surface area (Å²) in [5.74, 6) is 0. The standard InChI is InChI=1S/C36H32O8Si5/c37-46(33-23-11-3-12-24-33)41-47(38,34-25-13-4-14-26-34)43-49(36-29-17-6-18-30-36)40-45(31-19-7-1-8-20-31,32-21-9-2-10-22-32)39-48(42-46,44-49)35-27-15-5-16-28-35/h1-30,37-38H/t46-,47+,48+,49-. The summed E-state index contributed by atoms with van der Waals surface area (Å²) in [7, 11) is -21.9. The van der Waals surface area contributed by atoms with Crippen LogP contribution in [0.3, 0.4) is 0 Å². The van der Waals surface area contributed by atoms with Gasteiger partial charge in [0.1, 0.15) is 0 Å². The molecule has 6 aromatic rings. The molecular formula is C36H32O8Si5. The van der Waals surface area contributed by atoms with E-state index < -0.39 is 43.8 Å². The van der Waals surface area contributed by atoms with Gasteiger partial charge in [0.15, 0.2) is 0 Å². The average Bonchev–Trinajstić information content (AvgIpc) is 3.16. The first kappa shape index (κ1) is 32.3. The summed E-state index contributed by atoms with van der Waals surface area (Å²) in [5, 5.41) is 3.48. The zero-order chi connectivity index (χ0) is 33.4. The van der Waals surface area contributed by atoms with Gasteiger partial charge in [-0.2, -0.15) is 0 Å². The molecule has 2 heterocycles. The van der Waals surface area contributed by atoms with Crippen LogP contribution in [-0.4, -0.2) is 53.4 Å². The zero-order valence-corrected chi connectivity index (χ0v) is 31.2. The highest BCUT2D eigenvalue weighted by atomic mass is 28.6. The van der Waals surface area contributed by atoms with Gasteiger partial charge in [-0.05, 0) is 10.4 Å². The summed E-state index contributed by atoms with van der Waals surface area (Å²) >= 11 is 0. The van der Waals surface area contributed by atoms with Crippen molar-refractivity contribution in [3.05, 3.63) is 182 Å². The molecule has 0 saturated carbocycles. The van der Waals surface area contributed by atoms with Crippen molar-refractivity contribution in [2.45, 2.75) is 0 Å². The predicted molar refractivity (Wildman–Crippen MR) is 196 cm³/mol. The van der Waals surface area contributed by atoms with Gasteiger partial charge < -0.3 is 34.3 Å². The molecule has 2 bridgehead atoms. The Kier molecular flexibility index (Phi) is 8.41. The van der Waals surface area contributed by atoms with E-state index >= 15 is 0 Å². The number of fused-ring (bicyclic) bond motifs is 2. The van der Waals surface area contributed by atoms with E-state index in [2.05, 4.69) is 0 Å². The lowest BCUT2D eigenvalue weighted by Gasteiger charge is -2.55. The van der Waals surface area contributed by atoms with Gasteiger partial charge in [0, 0.05) is 20.7 Å². The lowest BCUT2D eigenvalue weighted by molar-refractivity contribution is 0.0722. The Labute approximate surface area is 290 Å². The van der Waals surface area contributed by atoms with Crippen molar-refractivity contribution in [1.82, 2.24) is 0 Å². The second-order valence-corrected chi connectivity index (χ2v) is 25.8. The molecule has 0 aromatic heterocycles. The van der Waals surface area contributed by atoms with Crippen LogP contribution >= 0.6 is 0 Å². The molecule has 2 fully saturated rings. The van der Waals surface area contributed by atoms with Gasteiger partial charge in [-0.3, -0.25) is 0 Å². The molecule has 0 aliphatic carbocycles. The highest BCUT2D eigenvalue weighted by Crippen LogP contribution is 2.38. The summed E-state index contributed by atoms with van der Waals surface area (Å²) in [6, 6.07) is 56.0. The average molecular weight is 733 g/mol. The number of hydrogen-bond acceptors (Lipinski definition) is 8. The summed E-state index contributed by atoms with van der Waals surface area (Å²) in [4.78, 5) is 25.8. The van der Waals surface area contributed by atoms with Crippen LogP contribution in [0.2, 0.25) is 0 Å². The summed E-state index contributed by atoms with van der Waals surface area (Å²) in [6.45, 7) is 0. The second kappa shape index (κ2) is 12.8. The molecule has 8 nitrogen and oxygen atoms in total. The van der Waals surface area contributed by atoms with Crippen molar-refractivity contribution < 1.29 is 34.3 Å². The molecule has 2 aliphatic heterocycles. The summed E-state index contributed by atoms with van der Waals surface area (Å²) < 4.78 is 43.1. The van der Waals surface area contributed by atoms with Gasteiger partial charge in [-0.15, -0.1) is 0 Å². The maximum atomic E-state index is 12.9. The van der Waals surface area contributed by atoms with E-state index in [9.17, 15) is 9.59 Å². The van der Waals surface area contributed by atoms with Gasteiger partial charge in [0.05, 0.1) is 0 Å². The van der Waals surface area contributed by atoms with Crippen molar-refractivity contribution in [3.63, 3.8) is 0 Å². The molecule has 8 rings (SSSR count). The van der Waals surface area contributed by atoms with Crippen molar-refractivity contribution in [2.24, 2.45) is 0 Å². The van der Waals surface area contributed by atoms with Crippen LogP contribution in [0.4, 0.5) is 0 Å². The normalized spacial score (nSPS) is 27.8. The maximum absolute atomic E-state index is 12.9. The van der Waals surface area contributed by atoms with Crippen LogP contribution in [0, 0.1) is 0 Å². The Balaban J connectivity index is 1.49. The first-order chi connectivity index (χ1) is 23.9. The predicted octanol–water partition coefficient (Wildman–Crippen LogP) is 1.74. The van der Waals surface area contributed by atoms with Crippen molar-refractivity contribution in [3.8, 4) is 0 Å². The first-order valence-electron chi connectivity index (χ1n) is 15.9. The van der Waals surface area contributed by atoms with E-state index in [0.717, 1.165) is 10.4 Å². The van der Waals surface area contributed by atoms with E-state index in [1.807, 2.05) is 133 Å². The minimum atomic E-state index is -4.66. The Morgan fingerprint density at radius 2 is 0.531 bits per heavy atom. The molecule has 0 radical (unpaired) electrons.